The summed E-state index contributed by atoms with van der Waals surface area (Å²) in [5.41, 5.74) is 0.457. The topological polar surface area (TPSA) is 13.1 Å². The van der Waals surface area contributed by atoms with Gasteiger partial charge < -0.3 is 4.42 Å². The molecule has 0 unspecified atom stereocenters. The maximum atomic E-state index is 13.7. The van der Waals surface area contributed by atoms with E-state index >= 15 is 0 Å². The summed E-state index contributed by atoms with van der Waals surface area (Å²) in [6.45, 7) is 0. The van der Waals surface area contributed by atoms with Crippen LogP contribution in [0.3, 0.4) is 0 Å². The highest BCUT2D eigenvalue weighted by molar-refractivity contribution is 9.11. The summed E-state index contributed by atoms with van der Waals surface area (Å²) in [5.74, 6) is -0.902. The number of furan rings is 1. The molecule has 0 amide bonds. The summed E-state index contributed by atoms with van der Waals surface area (Å²) >= 11 is 6.48. The van der Waals surface area contributed by atoms with Crippen molar-refractivity contribution in [2.45, 2.75) is 0 Å². The molecule has 0 N–H and O–H groups in total. The summed E-state index contributed by atoms with van der Waals surface area (Å²) in [4.78, 5) is 0. The van der Waals surface area contributed by atoms with E-state index in [0.29, 0.717) is 25.3 Å². The van der Waals surface area contributed by atoms with Crippen LogP contribution in [0.4, 0.5) is 8.78 Å². The van der Waals surface area contributed by atoms with Crippen molar-refractivity contribution in [3.05, 3.63) is 44.8 Å². The lowest BCUT2D eigenvalue weighted by molar-refractivity contribution is 0.579. The first-order valence-corrected chi connectivity index (χ1v) is 6.31. The average Bonchev–Trinajstić information content (AvgIpc) is 2.56. The van der Waals surface area contributed by atoms with E-state index in [1.807, 2.05) is 0 Å². The first-order valence-electron chi connectivity index (χ1n) is 4.72. The molecule has 86 valence electrons. The molecule has 0 saturated carbocycles. The molecule has 0 radical (unpaired) electrons. The minimum atomic E-state index is -0.474. The van der Waals surface area contributed by atoms with Gasteiger partial charge in [-0.15, -0.1) is 0 Å². The van der Waals surface area contributed by atoms with Crippen molar-refractivity contribution in [2.75, 3.05) is 0 Å². The van der Waals surface area contributed by atoms with Gasteiger partial charge in [-0.1, -0.05) is 15.9 Å². The lowest BCUT2D eigenvalue weighted by Gasteiger charge is -1.95. The predicted molar refractivity (Wildman–Crippen MR) is 69.0 cm³/mol. The van der Waals surface area contributed by atoms with Crippen LogP contribution in [-0.4, -0.2) is 0 Å². The minimum absolute atomic E-state index is 0.134. The molecule has 0 fully saturated rings. The standard InChI is InChI=1S/C12H4Br2F2O/c13-5-1-7-11-8(14)3-6(15)4-10(11)17-12(7)9(16)2-5/h1-4H. The van der Waals surface area contributed by atoms with Crippen molar-refractivity contribution in [2.24, 2.45) is 0 Å². The van der Waals surface area contributed by atoms with Crippen molar-refractivity contribution in [1.29, 1.82) is 0 Å². The molecule has 2 aromatic carbocycles. The summed E-state index contributed by atoms with van der Waals surface area (Å²) in [6.07, 6.45) is 0. The van der Waals surface area contributed by atoms with Crippen LogP contribution in [-0.2, 0) is 0 Å². The lowest BCUT2D eigenvalue weighted by atomic mass is 10.1. The fourth-order valence-corrected chi connectivity index (χ4v) is 2.91. The molecule has 0 aliphatic carbocycles. The first kappa shape index (κ1) is 11.2. The maximum absolute atomic E-state index is 13.7. The second kappa shape index (κ2) is 3.78. The van der Waals surface area contributed by atoms with E-state index in [1.54, 1.807) is 6.07 Å². The summed E-state index contributed by atoms with van der Waals surface area (Å²) < 4.78 is 33.4. The van der Waals surface area contributed by atoms with Crippen LogP contribution < -0.4 is 0 Å². The molecule has 0 aliphatic rings. The molecule has 0 spiro atoms. The molecule has 0 saturated heterocycles. The Hall–Kier alpha value is -0.940. The highest BCUT2D eigenvalue weighted by atomic mass is 79.9. The highest BCUT2D eigenvalue weighted by Gasteiger charge is 2.15. The SMILES string of the molecule is Fc1cc(Br)c2c(c1)oc1c(F)cc(Br)cc12. The molecule has 0 atom stereocenters. The fraction of sp³-hybridized carbons (Fsp3) is 0. The Balaban J connectivity index is 2.60. The van der Waals surface area contributed by atoms with Gasteiger partial charge in [-0.05, 0) is 34.1 Å². The average molecular weight is 362 g/mol. The number of benzene rings is 2. The van der Waals surface area contributed by atoms with Gasteiger partial charge >= 0.3 is 0 Å². The zero-order valence-corrected chi connectivity index (χ0v) is 11.4. The molecular formula is C12H4Br2F2O. The van der Waals surface area contributed by atoms with Gasteiger partial charge in [0.2, 0.25) is 0 Å². The van der Waals surface area contributed by atoms with E-state index < -0.39 is 11.6 Å². The fourth-order valence-electron chi connectivity index (χ4n) is 1.85. The quantitative estimate of drug-likeness (QED) is 0.523. The molecule has 1 heterocycles. The molecular weight excluding hydrogens is 358 g/mol. The monoisotopic (exact) mass is 360 g/mol. The van der Waals surface area contributed by atoms with Gasteiger partial charge in [0, 0.05) is 25.8 Å². The van der Waals surface area contributed by atoms with Crippen molar-refractivity contribution >= 4 is 53.8 Å². The van der Waals surface area contributed by atoms with E-state index in [9.17, 15) is 8.78 Å². The molecule has 1 aromatic heterocycles. The van der Waals surface area contributed by atoms with Crippen LogP contribution in [0, 0.1) is 11.6 Å². The number of hydrogen-bond acceptors (Lipinski definition) is 1. The molecule has 3 rings (SSSR count). The molecule has 17 heavy (non-hydrogen) atoms. The number of hydrogen-bond donors (Lipinski definition) is 0. The van der Waals surface area contributed by atoms with E-state index in [2.05, 4.69) is 31.9 Å². The second-order valence-corrected chi connectivity index (χ2v) is 5.40. The van der Waals surface area contributed by atoms with Crippen LogP contribution in [0.2, 0.25) is 0 Å². The Morgan fingerprint density at radius 3 is 2.53 bits per heavy atom. The normalized spacial score (nSPS) is 11.5. The van der Waals surface area contributed by atoms with Crippen LogP contribution in [0.25, 0.3) is 21.9 Å². The molecule has 1 nitrogen and oxygen atoms in total. The third kappa shape index (κ3) is 1.68. The van der Waals surface area contributed by atoms with E-state index in [4.69, 9.17) is 4.42 Å². The van der Waals surface area contributed by atoms with Gasteiger partial charge in [-0.3, -0.25) is 0 Å². The van der Waals surface area contributed by atoms with Crippen molar-refractivity contribution in [1.82, 2.24) is 0 Å². The van der Waals surface area contributed by atoms with Crippen LogP contribution >= 0.6 is 31.9 Å². The van der Waals surface area contributed by atoms with E-state index in [0.717, 1.165) is 0 Å². The van der Waals surface area contributed by atoms with E-state index in [-0.39, 0.29) is 5.58 Å². The number of halogens is 4. The Kier molecular flexibility index (Phi) is 2.48. The zero-order valence-electron chi connectivity index (χ0n) is 8.23. The Morgan fingerprint density at radius 2 is 1.76 bits per heavy atom. The number of fused-ring (bicyclic) bond motifs is 3. The van der Waals surface area contributed by atoms with Crippen molar-refractivity contribution < 1.29 is 13.2 Å². The minimum Gasteiger partial charge on any atom is -0.453 e. The summed E-state index contributed by atoms with van der Waals surface area (Å²) in [5, 5.41) is 1.28. The summed E-state index contributed by atoms with van der Waals surface area (Å²) in [6, 6.07) is 5.63. The third-order valence-electron chi connectivity index (χ3n) is 2.51. The zero-order chi connectivity index (χ0) is 12.2. The Bertz CT molecular complexity index is 749. The lowest BCUT2D eigenvalue weighted by Crippen LogP contribution is -1.77. The van der Waals surface area contributed by atoms with Gasteiger partial charge in [-0.25, -0.2) is 8.78 Å². The van der Waals surface area contributed by atoms with Gasteiger partial charge in [0.15, 0.2) is 11.4 Å². The van der Waals surface area contributed by atoms with Crippen LogP contribution in [0.15, 0.2) is 37.6 Å². The van der Waals surface area contributed by atoms with Gasteiger partial charge in [-0.2, -0.15) is 0 Å². The summed E-state index contributed by atoms with van der Waals surface area (Å²) in [7, 11) is 0. The van der Waals surface area contributed by atoms with Crippen LogP contribution in [0.1, 0.15) is 0 Å². The van der Waals surface area contributed by atoms with Crippen LogP contribution in [0.5, 0.6) is 0 Å². The van der Waals surface area contributed by atoms with Gasteiger partial charge in [0.25, 0.3) is 0 Å². The van der Waals surface area contributed by atoms with Gasteiger partial charge in [0.05, 0.1) is 0 Å². The molecule has 5 heteroatoms. The maximum Gasteiger partial charge on any atom is 0.171 e. The van der Waals surface area contributed by atoms with Crippen molar-refractivity contribution in [3.8, 4) is 0 Å². The van der Waals surface area contributed by atoms with E-state index in [1.165, 1.54) is 18.2 Å². The Labute approximate surface area is 112 Å². The third-order valence-corrected chi connectivity index (χ3v) is 3.59. The second-order valence-electron chi connectivity index (χ2n) is 3.63. The van der Waals surface area contributed by atoms with Gasteiger partial charge in [0.1, 0.15) is 11.4 Å². The highest BCUT2D eigenvalue weighted by Crippen LogP contribution is 2.37. The van der Waals surface area contributed by atoms with Crippen molar-refractivity contribution in [3.63, 3.8) is 0 Å². The first-order chi connectivity index (χ1) is 8.06. The smallest absolute Gasteiger partial charge is 0.171 e. The molecule has 0 aliphatic heterocycles. The predicted octanol–water partition coefficient (Wildman–Crippen LogP) is 5.39. The molecule has 3 aromatic rings. The largest absolute Gasteiger partial charge is 0.453 e. The Morgan fingerprint density at radius 1 is 1.00 bits per heavy atom. The number of rotatable bonds is 0. The molecule has 0 bridgehead atoms.